The standard InChI is InChI=1S/C15H12ClN/c16-13-7-5-11(6-8-13)9-12-10-17-15-4-2-1-3-14(12)15/h1-9,17H,10H2. The Morgan fingerprint density at radius 2 is 1.76 bits per heavy atom. The smallest absolute Gasteiger partial charge is 0.0419 e. The predicted octanol–water partition coefficient (Wildman–Crippen LogP) is 4.31. The van der Waals surface area contributed by atoms with E-state index in [0.29, 0.717) is 0 Å². The van der Waals surface area contributed by atoms with Crippen molar-refractivity contribution in [1.82, 2.24) is 0 Å². The number of benzene rings is 2. The Bertz CT molecular complexity index is 570. The molecule has 1 heterocycles. The zero-order chi connectivity index (χ0) is 11.7. The van der Waals surface area contributed by atoms with Gasteiger partial charge in [0.25, 0.3) is 0 Å². The van der Waals surface area contributed by atoms with Gasteiger partial charge in [-0.25, -0.2) is 0 Å². The third-order valence-electron chi connectivity index (χ3n) is 2.95. The van der Waals surface area contributed by atoms with E-state index in [9.17, 15) is 0 Å². The van der Waals surface area contributed by atoms with Crippen molar-refractivity contribution in [1.29, 1.82) is 0 Å². The van der Waals surface area contributed by atoms with Gasteiger partial charge >= 0.3 is 0 Å². The number of hydrogen-bond acceptors (Lipinski definition) is 1. The molecule has 0 unspecified atom stereocenters. The van der Waals surface area contributed by atoms with Crippen LogP contribution in [0.5, 0.6) is 0 Å². The summed E-state index contributed by atoms with van der Waals surface area (Å²) in [6.45, 7) is 0.891. The van der Waals surface area contributed by atoms with Gasteiger partial charge in [-0.3, -0.25) is 0 Å². The first-order valence-electron chi connectivity index (χ1n) is 5.62. The molecule has 0 bridgehead atoms. The summed E-state index contributed by atoms with van der Waals surface area (Å²) in [4.78, 5) is 0. The van der Waals surface area contributed by atoms with Crippen molar-refractivity contribution in [2.75, 3.05) is 11.9 Å². The number of fused-ring (bicyclic) bond motifs is 1. The maximum Gasteiger partial charge on any atom is 0.0419 e. The molecule has 84 valence electrons. The first-order valence-corrected chi connectivity index (χ1v) is 6.00. The van der Waals surface area contributed by atoms with E-state index in [4.69, 9.17) is 11.6 Å². The molecule has 2 heteroatoms. The first kappa shape index (κ1) is 10.4. The molecule has 0 fully saturated rings. The lowest BCUT2D eigenvalue weighted by Crippen LogP contribution is -1.91. The monoisotopic (exact) mass is 241 g/mol. The molecule has 1 N–H and O–H groups in total. The number of para-hydroxylation sites is 1. The molecular formula is C15H12ClN. The van der Waals surface area contributed by atoms with E-state index in [1.165, 1.54) is 22.4 Å². The van der Waals surface area contributed by atoms with E-state index in [1.54, 1.807) is 0 Å². The van der Waals surface area contributed by atoms with Crippen molar-refractivity contribution in [2.24, 2.45) is 0 Å². The van der Waals surface area contributed by atoms with Crippen LogP contribution in [0.2, 0.25) is 5.02 Å². The minimum Gasteiger partial charge on any atom is -0.380 e. The van der Waals surface area contributed by atoms with Gasteiger partial charge in [-0.2, -0.15) is 0 Å². The Morgan fingerprint density at radius 1 is 1.00 bits per heavy atom. The maximum atomic E-state index is 5.88. The highest BCUT2D eigenvalue weighted by atomic mass is 35.5. The fourth-order valence-electron chi connectivity index (χ4n) is 2.09. The van der Waals surface area contributed by atoms with Crippen molar-refractivity contribution in [3.63, 3.8) is 0 Å². The number of rotatable bonds is 1. The second kappa shape index (κ2) is 4.27. The lowest BCUT2D eigenvalue weighted by Gasteiger charge is -1.99. The molecule has 2 aromatic rings. The molecule has 1 aliphatic rings. The minimum absolute atomic E-state index is 0.775. The summed E-state index contributed by atoms with van der Waals surface area (Å²) in [7, 11) is 0. The Balaban J connectivity index is 1.99. The molecule has 0 amide bonds. The Kier molecular flexibility index (Phi) is 2.62. The predicted molar refractivity (Wildman–Crippen MR) is 74.3 cm³/mol. The molecule has 0 aromatic heterocycles. The summed E-state index contributed by atoms with van der Waals surface area (Å²) in [6, 6.07) is 16.3. The molecule has 0 aliphatic carbocycles. The zero-order valence-electron chi connectivity index (χ0n) is 9.28. The van der Waals surface area contributed by atoms with E-state index < -0.39 is 0 Å². The molecule has 0 saturated heterocycles. The second-order valence-electron chi connectivity index (χ2n) is 4.12. The van der Waals surface area contributed by atoms with Gasteiger partial charge in [0.15, 0.2) is 0 Å². The molecule has 1 aliphatic heterocycles. The summed E-state index contributed by atoms with van der Waals surface area (Å²) in [6.07, 6.45) is 2.20. The van der Waals surface area contributed by atoms with Crippen LogP contribution < -0.4 is 5.32 Å². The van der Waals surface area contributed by atoms with Crippen LogP contribution in [0.3, 0.4) is 0 Å². The molecule has 0 radical (unpaired) electrons. The Labute approximate surface area is 106 Å². The van der Waals surface area contributed by atoms with E-state index in [0.717, 1.165) is 11.6 Å². The van der Waals surface area contributed by atoms with Crippen LogP contribution in [-0.4, -0.2) is 6.54 Å². The van der Waals surface area contributed by atoms with Gasteiger partial charge < -0.3 is 5.32 Å². The third kappa shape index (κ3) is 2.06. The van der Waals surface area contributed by atoms with Crippen molar-refractivity contribution in [3.8, 4) is 0 Å². The molecule has 1 nitrogen and oxygen atoms in total. The van der Waals surface area contributed by atoms with Gasteiger partial charge in [-0.05, 0) is 35.4 Å². The fraction of sp³-hybridized carbons (Fsp3) is 0.0667. The Hall–Kier alpha value is -1.73. The highest BCUT2D eigenvalue weighted by Crippen LogP contribution is 2.31. The van der Waals surface area contributed by atoms with Crippen molar-refractivity contribution in [3.05, 3.63) is 64.7 Å². The molecule has 0 atom stereocenters. The van der Waals surface area contributed by atoms with Gasteiger partial charge in [0.2, 0.25) is 0 Å². The van der Waals surface area contributed by atoms with Crippen LogP contribution in [0.15, 0.2) is 48.5 Å². The van der Waals surface area contributed by atoms with Gasteiger partial charge in [0, 0.05) is 22.8 Å². The average molecular weight is 242 g/mol. The van der Waals surface area contributed by atoms with E-state index in [1.807, 2.05) is 24.3 Å². The lowest BCUT2D eigenvalue weighted by atomic mass is 10.0. The summed E-state index contributed by atoms with van der Waals surface area (Å²) in [5, 5.41) is 4.16. The zero-order valence-corrected chi connectivity index (χ0v) is 10.0. The molecule has 17 heavy (non-hydrogen) atoms. The van der Waals surface area contributed by atoms with Gasteiger partial charge in [0.05, 0.1) is 0 Å². The summed E-state index contributed by atoms with van der Waals surface area (Å²) >= 11 is 5.88. The first-order chi connectivity index (χ1) is 8.33. The van der Waals surface area contributed by atoms with Crippen molar-refractivity contribution in [2.45, 2.75) is 0 Å². The van der Waals surface area contributed by atoms with Crippen LogP contribution in [-0.2, 0) is 0 Å². The van der Waals surface area contributed by atoms with Crippen LogP contribution in [0, 0.1) is 0 Å². The average Bonchev–Trinajstić information content (AvgIpc) is 2.76. The van der Waals surface area contributed by atoms with Crippen LogP contribution in [0.1, 0.15) is 11.1 Å². The molecule has 3 rings (SSSR count). The van der Waals surface area contributed by atoms with Gasteiger partial charge in [0.1, 0.15) is 0 Å². The van der Waals surface area contributed by atoms with E-state index >= 15 is 0 Å². The SMILES string of the molecule is Clc1ccc(C=C2CNc3ccccc32)cc1. The van der Waals surface area contributed by atoms with Crippen molar-refractivity contribution >= 4 is 28.9 Å². The highest BCUT2D eigenvalue weighted by Gasteiger charge is 2.13. The largest absolute Gasteiger partial charge is 0.380 e. The van der Waals surface area contributed by atoms with Crippen LogP contribution in [0.25, 0.3) is 11.6 Å². The maximum absolute atomic E-state index is 5.88. The molecule has 0 spiro atoms. The highest BCUT2D eigenvalue weighted by molar-refractivity contribution is 6.30. The second-order valence-corrected chi connectivity index (χ2v) is 4.56. The summed E-state index contributed by atoms with van der Waals surface area (Å²) in [5.41, 5.74) is 5.01. The normalized spacial score (nSPS) is 15.7. The Morgan fingerprint density at radius 3 is 2.59 bits per heavy atom. The molecule has 0 saturated carbocycles. The lowest BCUT2D eigenvalue weighted by molar-refractivity contribution is 1.45. The summed E-state index contributed by atoms with van der Waals surface area (Å²) < 4.78 is 0. The molecule has 2 aromatic carbocycles. The van der Waals surface area contributed by atoms with E-state index in [2.05, 4.69) is 35.7 Å². The fourth-order valence-corrected chi connectivity index (χ4v) is 2.22. The van der Waals surface area contributed by atoms with Crippen molar-refractivity contribution < 1.29 is 0 Å². The van der Waals surface area contributed by atoms with Crippen LogP contribution in [0.4, 0.5) is 5.69 Å². The van der Waals surface area contributed by atoms with Gasteiger partial charge in [-0.1, -0.05) is 41.9 Å². The number of nitrogens with one attached hydrogen (secondary N) is 1. The summed E-state index contributed by atoms with van der Waals surface area (Å²) in [5.74, 6) is 0. The van der Waals surface area contributed by atoms with Crippen LogP contribution >= 0.6 is 11.6 Å². The minimum atomic E-state index is 0.775. The molecular weight excluding hydrogens is 230 g/mol. The quantitative estimate of drug-likeness (QED) is 0.785. The van der Waals surface area contributed by atoms with Gasteiger partial charge in [-0.15, -0.1) is 0 Å². The third-order valence-corrected chi connectivity index (χ3v) is 3.21. The number of anilines is 1. The topological polar surface area (TPSA) is 12.0 Å². The number of halogens is 1. The van der Waals surface area contributed by atoms with E-state index in [-0.39, 0.29) is 0 Å². The number of hydrogen-bond donors (Lipinski definition) is 1.